The molecule has 1 aliphatic rings. The summed E-state index contributed by atoms with van der Waals surface area (Å²) < 4.78 is 39.9. The van der Waals surface area contributed by atoms with Gasteiger partial charge in [-0.05, 0) is 49.1 Å². The largest absolute Gasteiger partial charge is 0.349 e. The molecule has 0 aromatic heterocycles. The van der Waals surface area contributed by atoms with Gasteiger partial charge in [0.1, 0.15) is 5.82 Å². The molecule has 0 radical (unpaired) electrons. The number of carbonyl (C=O) groups excluding carboxylic acids is 1. The van der Waals surface area contributed by atoms with Crippen molar-refractivity contribution >= 4 is 27.5 Å². The Kier molecular flexibility index (Phi) is 6.93. The molecule has 8 heteroatoms. The molecule has 1 fully saturated rings. The molecule has 1 saturated heterocycles. The number of piperidine rings is 1. The highest BCUT2D eigenvalue weighted by Gasteiger charge is 2.31. The fourth-order valence-electron chi connectivity index (χ4n) is 3.47. The number of rotatable bonds is 6. The molecule has 2 aromatic carbocycles. The maximum atomic E-state index is 13.0. The molecule has 0 bridgehead atoms. The summed E-state index contributed by atoms with van der Waals surface area (Å²) in [6, 6.07) is 12.7. The van der Waals surface area contributed by atoms with Crippen LogP contribution in [0.2, 0.25) is 5.02 Å². The van der Waals surface area contributed by atoms with Gasteiger partial charge in [0.15, 0.2) is 0 Å². The molecule has 1 amide bonds. The Hall–Kier alpha value is -1.96. The van der Waals surface area contributed by atoms with Gasteiger partial charge in [0.25, 0.3) is 0 Å². The molecule has 0 saturated carbocycles. The smallest absolute Gasteiger partial charge is 0.223 e. The molecule has 156 valence electrons. The van der Waals surface area contributed by atoms with Crippen molar-refractivity contribution in [3.05, 3.63) is 70.5 Å². The topological polar surface area (TPSA) is 66.5 Å². The van der Waals surface area contributed by atoms with E-state index in [0.717, 1.165) is 5.56 Å². The molecular formula is C21H24ClFN2O3S. The van der Waals surface area contributed by atoms with E-state index in [-0.39, 0.29) is 29.4 Å². The minimum Gasteiger partial charge on any atom is -0.349 e. The van der Waals surface area contributed by atoms with Crippen molar-refractivity contribution in [1.82, 2.24) is 9.62 Å². The third-order valence-corrected chi connectivity index (χ3v) is 7.44. The van der Waals surface area contributed by atoms with E-state index in [4.69, 9.17) is 11.6 Å². The SMILES string of the molecule is C[C@H](NC(=O)C1CCN(S(=O)(=O)Cc2ccccc2Cl)CC1)c1ccc(F)cc1. The first-order chi connectivity index (χ1) is 13.8. The van der Waals surface area contributed by atoms with Gasteiger partial charge in [0.05, 0.1) is 11.8 Å². The molecule has 3 rings (SSSR count). The monoisotopic (exact) mass is 438 g/mol. The van der Waals surface area contributed by atoms with E-state index < -0.39 is 10.0 Å². The lowest BCUT2D eigenvalue weighted by atomic mass is 9.96. The van der Waals surface area contributed by atoms with Gasteiger partial charge in [0, 0.05) is 24.0 Å². The van der Waals surface area contributed by atoms with Crippen LogP contribution in [0.15, 0.2) is 48.5 Å². The Morgan fingerprint density at radius 3 is 2.41 bits per heavy atom. The number of nitrogens with zero attached hydrogens (tertiary/aromatic N) is 1. The highest BCUT2D eigenvalue weighted by Crippen LogP contribution is 2.25. The van der Waals surface area contributed by atoms with Crippen molar-refractivity contribution in [3.8, 4) is 0 Å². The van der Waals surface area contributed by atoms with E-state index in [2.05, 4.69) is 5.32 Å². The number of amides is 1. The summed E-state index contributed by atoms with van der Waals surface area (Å²) >= 11 is 6.08. The molecule has 29 heavy (non-hydrogen) atoms. The van der Waals surface area contributed by atoms with Crippen molar-refractivity contribution in [2.24, 2.45) is 5.92 Å². The standard InChI is InChI=1S/C21H24ClFN2O3S/c1-15(16-6-8-19(23)9-7-16)24-21(26)17-10-12-25(13-11-17)29(27,28)14-18-4-2-3-5-20(18)22/h2-9,15,17H,10-14H2,1H3,(H,24,26)/t15-/m0/s1. The van der Waals surface area contributed by atoms with Crippen LogP contribution in [-0.4, -0.2) is 31.7 Å². The molecule has 1 aliphatic heterocycles. The highest BCUT2D eigenvalue weighted by atomic mass is 35.5. The van der Waals surface area contributed by atoms with Crippen molar-refractivity contribution in [2.45, 2.75) is 31.6 Å². The summed E-state index contributed by atoms with van der Waals surface area (Å²) in [5.41, 5.74) is 1.39. The zero-order valence-corrected chi connectivity index (χ0v) is 17.7. The number of hydrogen-bond donors (Lipinski definition) is 1. The first-order valence-electron chi connectivity index (χ1n) is 9.53. The van der Waals surface area contributed by atoms with Crippen LogP contribution in [0, 0.1) is 11.7 Å². The molecule has 1 heterocycles. The van der Waals surface area contributed by atoms with Gasteiger partial charge < -0.3 is 5.32 Å². The second-order valence-electron chi connectivity index (χ2n) is 7.30. The molecular weight excluding hydrogens is 415 g/mol. The van der Waals surface area contributed by atoms with Crippen LogP contribution in [0.5, 0.6) is 0 Å². The molecule has 0 spiro atoms. The van der Waals surface area contributed by atoms with Gasteiger partial charge in [-0.2, -0.15) is 0 Å². The summed E-state index contributed by atoms with van der Waals surface area (Å²) in [5.74, 6) is -0.821. The zero-order chi connectivity index (χ0) is 21.0. The Morgan fingerprint density at radius 2 is 1.79 bits per heavy atom. The Labute approximate surface area is 175 Å². The summed E-state index contributed by atoms with van der Waals surface area (Å²) in [7, 11) is -3.50. The summed E-state index contributed by atoms with van der Waals surface area (Å²) in [5, 5.41) is 3.37. The Morgan fingerprint density at radius 1 is 1.17 bits per heavy atom. The van der Waals surface area contributed by atoms with Crippen LogP contribution >= 0.6 is 11.6 Å². The quantitative estimate of drug-likeness (QED) is 0.743. The van der Waals surface area contributed by atoms with E-state index in [1.807, 2.05) is 6.92 Å². The molecule has 5 nitrogen and oxygen atoms in total. The predicted octanol–water partition coefficient (Wildman–Crippen LogP) is 3.90. The average Bonchev–Trinajstić information content (AvgIpc) is 2.70. The lowest BCUT2D eigenvalue weighted by molar-refractivity contribution is -0.126. The Bertz CT molecular complexity index is 958. The number of carbonyl (C=O) groups is 1. The van der Waals surface area contributed by atoms with Crippen LogP contribution in [0.4, 0.5) is 4.39 Å². The third kappa shape index (κ3) is 5.56. The lowest BCUT2D eigenvalue weighted by Gasteiger charge is -2.31. The van der Waals surface area contributed by atoms with Gasteiger partial charge in [0.2, 0.25) is 15.9 Å². The highest BCUT2D eigenvalue weighted by molar-refractivity contribution is 7.88. The first-order valence-corrected chi connectivity index (χ1v) is 11.5. The lowest BCUT2D eigenvalue weighted by Crippen LogP contribution is -2.43. The summed E-state index contributed by atoms with van der Waals surface area (Å²) in [6.07, 6.45) is 0.924. The van der Waals surface area contributed by atoms with Crippen LogP contribution in [0.25, 0.3) is 0 Å². The number of benzene rings is 2. The number of sulfonamides is 1. The number of nitrogens with one attached hydrogen (secondary N) is 1. The molecule has 2 aromatic rings. The fraction of sp³-hybridized carbons (Fsp3) is 0.381. The summed E-state index contributed by atoms with van der Waals surface area (Å²) in [6.45, 7) is 2.44. The summed E-state index contributed by atoms with van der Waals surface area (Å²) in [4.78, 5) is 12.6. The van der Waals surface area contributed by atoms with Crippen molar-refractivity contribution in [3.63, 3.8) is 0 Å². The number of halogens is 2. The van der Waals surface area contributed by atoms with Gasteiger partial charge in [-0.25, -0.2) is 17.1 Å². The molecule has 1 N–H and O–H groups in total. The van der Waals surface area contributed by atoms with E-state index in [1.54, 1.807) is 36.4 Å². The van der Waals surface area contributed by atoms with Gasteiger partial charge in [-0.1, -0.05) is 41.9 Å². The minimum atomic E-state index is -3.50. The van der Waals surface area contributed by atoms with Crippen LogP contribution in [0.3, 0.4) is 0 Å². The third-order valence-electron chi connectivity index (χ3n) is 5.24. The Balaban J connectivity index is 1.54. The van der Waals surface area contributed by atoms with Crippen molar-refractivity contribution in [1.29, 1.82) is 0 Å². The zero-order valence-electron chi connectivity index (χ0n) is 16.1. The maximum absolute atomic E-state index is 13.0. The second-order valence-corrected chi connectivity index (χ2v) is 9.68. The minimum absolute atomic E-state index is 0.107. The molecule has 0 unspecified atom stereocenters. The van der Waals surface area contributed by atoms with E-state index in [9.17, 15) is 17.6 Å². The normalized spacial score (nSPS) is 17.1. The average molecular weight is 439 g/mol. The molecule has 1 atom stereocenters. The predicted molar refractivity (Wildman–Crippen MR) is 111 cm³/mol. The van der Waals surface area contributed by atoms with Gasteiger partial charge >= 0.3 is 0 Å². The van der Waals surface area contributed by atoms with Crippen molar-refractivity contribution in [2.75, 3.05) is 13.1 Å². The van der Waals surface area contributed by atoms with Crippen LogP contribution in [-0.2, 0) is 20.6 Å². The van der Waals surface area contributed by atoms with Crippen LogP contribution in [0.1, 0.15) is 36.9 Å². The van der Waals surface area contributed by atoms with E-state index in [1.165, 1.54) is 16.4 Å². The second kappa shape index (κ2) is 9.24. The van der Waals surface area contributed by atoms with E-state index >= 15 is 0 Å². The first kappa shape index (κ1) is 21.7. The van der Waals surface area contributed by atoms with Crippen molar-refractivity contribution < 1.29 is 17.6 Å². The van der Waals surface area contributed by atoms with Gasteiger partial charge in [-0.15, -0.1) is 0 Å². The maximum Gasteiger partial charge on any atom is 0.223 e. The van der Waals surface area contributed by atoms with Gasteiger partial charge in [-0.3, -0.25) is 4.79 Å². The number of hydrogen-bond acceptors (Lipinski definition) is 3. The van der Waals surface area contributed by atoms with Crippen LogP contribution < -0.4 is 5.32 Å². The van der Waals surface area contributed by atoms with E-state index in [0.29, 0.717) is 36.5 Å². The fourth-order valence-corrected chi connectivity index (χ4v) is 5.34. The molecule has 0 aliphatic carbocycles.